The van der Waals surface area contributed by atoms with Gasteiger partial charge in [0.15, 0.2) is 11.5 Å². The monoisotopic (exact) mass is 411 g/mol. The second-order valence-electron chi connectivity index (χ2n) is 5.38. The van der Waals surface area contributed by atoms with E-state index >= 15 is 0 Å². The maximum Gasteiger partial charge on any atom is 0.252 e. The van der Waals surface area contributed by atoms with E-state index < -0.39 is 0 Å². The number of nitrogens with one attached hydrogen (secondary N) is 1. The number of ether oxygens (including phenoxy) is 2. The van der Waals surface area contributed by atoms with Crippen LogP contribution in [0, 0.1) is 6.92 Å². The molecule has 0 aromatic heterocycles. The third-order valence-electron chi connectivity index (χ3n) is 3.76. The van der Waals surface area contributed by atoms with E-state index in [1.807, 2.05) is 26.0 Å². The van der Waals surface area contributed by atoms with Crippen molar-refractivity contribution in [2.24, 2.45) is 0 Å². The van der Waals surface area contributed by atoms with Crippen molar-refractivity contribution in [3.8, 4) is 11.5 Å². The maximum atomic E-state index is 12.5. The van der Waals surface area contributed by atoms with Crippen LogP contribution < -0.4 is 14.8 Å². The molecule has 1 atom stereocenters. The molecule has 1 N–H and O–H groups in total. The normalized spacial score (nSPS) is 11.8. The van der Waals surface area contributed by atoms with Gasteiger partial charge in [0, 0.05) is 9.50 Å². The van der Waals surface area contributed by atoms with Crippen LogP contribution in [0.5, 0.6) is 11.5 Å². The summed E-state index contributed by atoms with van der Waals surface area (Å²) in [6.45, 7) is 3.89. The lowest BCUT2D eigenvalue weighted by Gasteiger charge is -2.19. The molecule has 6 heteroatoms. The molecule has 0 fully saturated rings. The average molecular weight is 413 g/mol. The van der Waals surface area contributed by atoms with E-state index in [-0.39, 0.29) is 11.9 Å². The first-order valence-corrected chi connectivity index (χ1v) is 8.53. The van der Waals surface area contributed by atoms with Crippen LogP contribution in [0.3, 0.4) is 0 Å². The highest BCUT2D eigenvalue weighted by Gasteiger charge is 2.18. The standard InChI is InChI=1S/C18H19BrClNO3/c1-10-7-16(23-3)17(24-4)9-13(10)11(2)21-18(22)14-8-12(20)5-6-15(14)19/h5-9,11H,1-4H3,(H,21,22). The fourth-order valence-electron chi connectivity index (χ4n) is 2.49. The lowest BCUT2D eigenvalue weighted by atomic mass is 10.0. The molecule has 0 spiro atoms. The van der Waals surface area contributed by atoms with Crippen molar-refractivity contribution in [2.45, 2.75) is 19.9 Å². The van der Waals surface area contributed by atoms with Crippen LogP contribution in [-0.2, 0) is 0 Å². The molecule has 0 radical (unpaired) electrons. The van der Waals surface area contributed by atoms with Crippen molar-refractivity contribution in [3.63, 3.8) is 0 Å². The minimum Gasteiger partial charge on any atom is -0.493 e. The van der Waals surface area contributed by atoms with E-state index in [4.69, 9.17) is 21.1 Å². The summed E-state index contributed by atoms with van der Waals surface area (Å²) in [5, 5.41) is 3.50. The zero-order valence-electron chi connectivity index (χ0n) is 13.9. The number of benzene rings is 2. The summed E-state index contributed by atoms with van der Waals surface area (Å²) in [5.74, 6) is 1.09. The van der Waals surface area contributed by atoms with E-state index in [0.717, 1.165) is 11.1 Å². The van der Waals surface area contributed by atoms with Gasteiger partial charge in [-0.2, -0.15) is 0 Å². The quantitative estimate of drug-likeness (QED) is 0.758. The Bertz CT molecular complexity index is 764. The molecular formula is C18H19BrClNO3. The number of aryl methyl sites for hydroxylation is 1. The minimum absolute atomic E-state index is 0.203. The predicted molar refractivity (Wildman–Crippen MR) is 99.3 cm³/mol. The SMILES string of the molecule is COc1cc(C)c(C(C)NC(=O)c2cc(Cl)ccc2Br)cc1OC. The van der Waals surface area contributed by atoms with E-state index in [1.54, 1.807) is 32.4 Å². The molecule has 0 aliphatic heterocycles. The Balaban J connectivity index is 2.27. The molecule has 0 aliphatic rings. The number of hydrogen-bond donors (Lipinski definition) is 1. The first-order chi connectivity index (χ1) is 11.4. The van der Waals surface area contributed by atoms with Crippen LogP contribution >= 0.6 is 27.5 Å². The summed E-state index contributed by atoms with van der Waals surface area (Å²) in [7, 11) is 3.18. The molecule has 0 saturated heterocycles. The Morgan fingerprint density at radius 2 is 1.79 bits per heavy atom. The van der Waals surface area contributed by atoms with Crippen molar-refractivity contribution in [1.82, 2.24) is 5.32 Å². The van der Waals surface area contributed by atoms with Gasteiger partial charge in [-0.3, -0.25) is 4.79 Å². The van der Waals surface area contributed by atoms with Crippen molar-refractivity contribution >= 4 is 33.4 Å². The molecule has 128 valence electrons. The van der Waals surface area contributed by atoms with Gasteiger partial charge in [0.2, 0.25) is 0 Å². The largest absolute Gasteiger partial charge is 0.493 e. The Morgan fingerprint density at radius 3 is 2.42 bits per heavy atom. The molecule has 0 aliphatic carbocycles. The van der Waals surface area contributed by atoms with Gasteiger partial charge in [0.1, 0.15) is 0 Å². The summed E-state index contributed by atoms with van der Waals surface area (Å²) in [6, 6.07) is 8.68. The van der Waals surface area contributed by atoms with Gasteiger partial charge < -0.3 is 14.8 Å². The topological polar surface area (TPSA) is 47.6 Å². The molecular weight excluding hydrogens is 394 g/mol. The number of hydrogen-bond acceptors (Lipinski definition) is 3. The maximum absolute atomic E-state index is 12.5. The predicted octanol–water partition coefficient (Wildman–Crippen LogP) is 4.92. The van der Waals surface area contributed by atoms with Crippen molar-refractivity contribution in [1.29, 1.82) is 0 Å². The van der Waals surface area contributed by atoms with E-state index in [9.17, 15) is 4.79 Å². The van der Waals surface area contributed by atoms with Gasteiger partial charge in [-0.1, -0.05) is 11.6 Å². The van der Waals surface area contributed by atoms with Crippen molar-refractivity contribution in [3.05, 3.63) is 56.5 Å². The smallest absolute Gasteiger partial charge is 0.252 e. The summed E-state index contributed by atoms with van der Waals surface area (Å²) >= 11 is 9.36. The summed E-state index contributed by atoms with van der Waals surface area (Å²) in [6.07, 6.45) is 0. The Kier molecular flexibility index (Phi) is 6.13. The molecule has 24 heavy (non-hydrogen) atoms. The van der Waals surface area contributed by atoms with Crippen molar-refractivity contribution < 1.29 is 14.3 Å². The number of amides is 1. The van der Waals surface area contributed by atoms with Crippen LogP contribution in [0.25, 0.3) is 0 Å². The molecule has 2 aromatic rings. The van der Waals surface area contributed by atoms with Gasteiger partial charge in [0.25, 0.3) is 5.91 Å². The molecule has 2 aromatic carbocycles. The Labute approximate surface area is 155 Å². The number of carbonyl (C=O) groups excluding carboxylic acids is 1. The van der Waals surface area contributed by atoms with Gasteiger partial charge in [-0.15, -0.1) is 0 Å². The summed E-state index contributed by atoms with van der Waals surface area (Å²) < 4.78 is 11.3. The van der Waals surface area contributed by atoms with Crippen molar-refractivity contribution in [2.75, 3.05) is 14.2 Å². The second kappa shape index (κ2) is 7.90. The molecule has 2 rings (SSSR count). The zero-order valence-corrected chi connectivity index (χ0v) is 16.3. The lowest BCUT2D eigenvalue weighted by Crippen LogP contribution is -2.27. The highest BCUT2D eigenvalue weighted by molar-refractivity contribution is 9.10. The highest BCUT2D eigenvalue weighted by Crippen LogP contribution is 2.33. The fourth-order valence-corrected chi connectivity index (χ4v) is 3.09. The number of methoxy groups -OCH3 is 2. The zero-order chi connectivity index (χ0) is 17.9. The molecule has 0 heterocycles. The number of carbonyl (C=O) groups is 1. The number of rotatable bonds is 5. The van der Waals surface area contributed by atoms with E-state index in [0.29, 0.717) is 26.6 Å². The molecule has 1 unspecified atom stereocenters. The second-order valence-corrected chi connectivity index (χ2v) is 6.67. The van der Waals surface area contributed by atoms with Crippen LogP contribution in [0.1, 0.15) is 34.5 Å². The molecule has 0 saturated carbocycles. The third kappa shape index (κ3) is 4.02. The lowest BCUT2D eigenvalue weighted by molar-refractivity contribution is 0.0939. The van der Waals surface area contributed by atoms with Crippen LogP contribution in [-0.4, -0.2) is 20.1 Å². The highest BCUT2D eigenvalue weighted by atomic mass is 79.9. The van der Waals surface area contributed by atoms with Crippen LogP contribution in [0.2, 0.25) is 5.02 Å². The third-order valence-corrected chi connectivity index (χ3v) is 4.69. The van der Waals surface area contributed by atoms with E-state index in [2.05, 4.69) is 21.2 Å². The van der Waals surface area contributed by atoms with Crippen LogP contribution in [0.4, 0.5) is 0 Å². The summed E-state index contributed by atoms with van der Waals surface area (Å²) in [4.78, 5) is 12.5. The molecule has 4 nitrogen and oxygen atoms in total. The van der Waals surface area contributed by atoms with Gasteiger partial charge in [-0.25, -0.2) is 0 Å². The number of halogens is 2. The van der Waals surface area contributed by atoms with E-state index in [1.165, 1.54) is 0 Å². The van der Waals surface area contributed by atoms with Gasteiger partial charge >= 0.3 is 0 Å². The van der Waals surface area contributed by atoms with Gasteiger partial charge in [0.05, 0.1) is 25.8 Å². The van der Waals surface area contributed by atoms with Gasteiger partial charge in [-0.05, 0) is 71.2 Å². The molecule has 1 amide bonds. The summed E-state index contributed by atoms with van der Waals surface area (Å²) in [5.41, 5.74) is 2.46. The molecule has 0 bridgehead atoms. The average Bonchev–Trinajstić information content (AvgIpc) is 2.56. The fraction of sp³-hybridized carbons (Fsp3) is 0.278. The van der Waals surface area contributed by atoms with Crippen LogP contribution in [0.15, 0.2) is 34.8 Å². The Hall–Kier alpha value is -1.72. The first kappa shape index (κ1) is 18.6. The Morgan fingerprint density at radius 1 is 1.17 bits per heavy atom. The first-order valence-electron chi connectivity index (χ1n) is 7.35. The minimum atomic E-state index is -0.205.